The number of fused-ring (bicyclic) bond motifs is 1. The molecule has 1 aromatic carbocycles. The SMILES string of the molecule is NN(CCN1CCOCC1)c1nc2ccccc2o1. The molecule has 6 nitrogen and oxygen atoms in total. The second-order valence-corrected chi connectivity index (χ2v) is 4.61. The average Bonchev–Trinajstić information content (AvgIpc) is 2.90. The van der Waals surface area contributed by atoms with Crippen LogP contribution in [0.3, 0.4) is 0 Å². The van der Waals surface area contributed by atoms with Crippen LogP contribution in [-0.2, 0) is 4.74 Å². The lowest BCUT2D eigenvalue weighted by Gasteiger charge is -2.27. The largest absolute Gasteiger partial charge is 0.422 e. The first-order valence-electron chi connectivity index (χ1n) is 6.51. The van der Waals surface area contributed by atoms with Gasteiger partial charge in [-0.3, -0.25) is 9.91 Å². The molecule has 0 amide bonds. The van der Waals surface area contributed by atoms with Crippen LogP contribution < -0.4 is 10.9 Å². The third-order valence-electron chi connectivity index (χ3n) is 3.29. The lowest BCUT2D eigenvalue weighted by atomic mass is 10.3. The van der Waals surface area contributed by atoms with E-state index in [0.717, 1.165) is 43.9 Å². The van der Waals surface area contributed by atoms with Crippen LogP contribution in [0, 0.1) is 0 Å². The van der Waals surface area contributed by atoms with Gasteiger partial charge in [0.15, 0.2) is 5.58 Å². The van der Waals surface area contributed by atoms with Gasteiger partial charge in [0.2, 0.25) is 0 Å². The van der Waals surface area contributed by atoms with Gasteiger partial charge in [-0.2, -0.15) is 4.98 Å². The minimum atomic E-state index is 0.467. The molecule has 2 N–H and O–H groups in total. The zero-order valence-electron chi connectivity index (χ0n) is 10.8. The summed E-state index contributed by atoms with van der Waals surface area (Å²) in [4.78, 5) is 6.69. The number of ether oxygens (including phenoxy) is 1. The normalized spacial score (nSPS) is 16.9. The Morgan fingerprint density at radius 3 is 2.84 bits per heavy atom. The summed E-state index contributed by atoms with van der Waals surface area (Å²) in [6, 6.07) is 8.13. The van der Waals surface area contributed by atoms with Crippen LogP contribution in [0.4, 0.5) is 6.01 Å². The molecule has 1 fully saturated rings. The lowest BCUT2D eigenvalue weighted by Crippen LogP contribution is -2.43. The van der Waals surface area contributed by atoms with E-state index in [0.29, 0.717) is 12.6 Å². The quantitative estimate of drug-likeness (QED) is 0.650. The summed E-state index contributed by atoms with van der Waals surface area (Å²) in [7, 11) is 0. The van der Waals surface area contributed by atoms with Gasteiger partial charge >= 0.3 is 6.01 Å². The van der Waals surface area contributed by atoms with Crippen molar-refractivity contribution in [2.24, 2.45) is 5.84 Å². The first-order chi connectivity index (χ1) is 9.33. The van der Waals surface area contributed by atoms with E-state index in [9.17, 15) is 0 Å². The number of benzene rings is 1. The van der Waals surface area contributed by atoms with Crippen molar-refractivity contribution in [3.63, 3.8) is 0 Å². The van der Waals surface area contributed by atoms with Crippen molar-refractivity contribution in [3.05, 3.63) is 24.3 Å². The van der Waals surface area contributed by atoms with Gasteiger partial charge < -0.3 is 9.15 Å². The summed E-state index contributed by atoms with van der Waals surface area (Å²) in [5.41, 5.74) is 1.60. The van der Waals surface area contributed by atoms with E-state index in [1.54, 1.807) is 5.01 Å². The van der Waals surface area contributed by atoms with Gasteiger partial charge in [0.1, 0.15) is 5.52 Å². The van der Waals surface area contributed by atoms with Crippen molar-refractivity contribution in [2.45, 2.75) is 0 Å². The minimum absolute atomic E-state index is 0.467. The molecule has 102 valence electrons. The summed E-state index contributed by atoms with van der Waals surface area (Å²) in [6.45, 7) is 5.09. The second-order valence-electron chi connectivity index (χ2n) is 4.61. The van der Waals surface area contributed by atoms with E-state index in [1.807, 2.05) is 24.3 Å². The smallest absolute Gasteiger partial charge is 0.313 e. The molecule has 0 bridgehead atoms. The Kier molecular flexibility index (Phi) is 3.63. The summed E-state index contributed by atoms with van der Waals surface area (Å²) < 4.78 is 10.9. The van der Waals surface area contributed by atoms with E-state index in [2.05, 4.69) is 9.88 Å². The van der Waals surface area contributed by atoms with Crippen LogP contribution in [0.1, 0.15) is 0 Å². The molecule has 2 aromatic rings. The van der Waals surface area contributed by atoms with Crippen LogP contribution in [0.15, 0.2) is 28.7 Å². The zero-order valence-corrected chi connectivity index (χ0v) is 10.8. The molecular weight excluding hydrogens is 244 g/mol. The summed E-state index contributed by atoms with van der Waals surface area (Å²) >= 11 is 0. The number of hydrogen-bond donors (Lipinski definition) is 1. The minimum Gasteiger partial charge on any atom is -0.422 e. The van der Waals surface area contributed by atoms with Crippen molar-refractivity contribution in [2.75, 3.05) is 44.4 Å². The van der Waals surface area contributed by atoms with Gasteiger partial charge in [0.25, 0.3) is 0 Å². The van der Waals surface area contributed by atoms with E-state index < -0.39 is 0 Å². The lowest BCUT2D eigenvalue weighted by molar-refractivity contribution is 0.0391. The maximum Gasteiger partial charge on any atom is 0.313 e. The van der Waals surface area contributed by atoms with Crippen molar-refractivity contribution < 1.29 is 9.15 Å². The van der Waals surface area contributed by atoms with Gasteiger partial charge in [-0.05, 0) is 12.1 Å². The summed E-state index contributed by atoms with van der Waals surface area (Å²) in [5, 5.41) is 1.56. The predicted molar refractivity (Wildman–Crippen MR) is 72.8 cm³/mol. The fraction of sp³-hybridized carbons (Fsp3) is 0.462. The van der Waals surface area contributed by atoms with Crippen LogP contribution in [0.5, 0.6) is 0 Å². The van der Waals surface area contributed by atoms with Crippen LogP contribution >= 0.6 is 0 Å². The van der Waals surface area contributed by atoms with E-state index >= 15 is 0 Å². The van der Waals surface area contributed by atoms with Gasteiger partial charge in [-0.1, -0.05) is 12.1 Å². The number of hydrazine groups is 1. The van der Waals surface area contributed by atoms with Crippen molar-refractivity contribution >= 4 is 17.1 Å². The highest BCUT2D eigenvalue weighted by molar-refractivity contribution is 5.74. The number of hydrogen-bond acceptors (Lipinski definition) is 6. The molecule has 2 heterocycles. The van der Waals surface area contributed by atoms with Gasteiger partial charge in [-0.15, -0.1) is 0 Å². The highest BCUT2D eigenvalue weighted by Crippen LogP contribution is 2.19. The number of nitrogens with two attached hydrogens (primary N) is 1. The maximum absolute atomic E-state index is 6.00. The van der Waals surface area contributed by atoms with E-state index in [-0.39, 0.29) is 0 Å². The van der Waals surface area contributed by atoms with Crippen LogP contribution in [-0.4, -0.2) is 49.3 Å². The molecule has 0 radical (unpaired) electrons. The Morgan fingerprint density at radius 1 is 1.26 bits per heavy atom. The second kappa shape index (κ2) is 5.56. The average molecular weight is 262 g/mol. The highest BCUT2D eigenvalue weighted by atomic mass is 16.5. The monoisotopic (exact) mass is 262 g/mol. The van der Waals surface area contributed by atoms with Crippen LogP contribution in [0.25, 0.3) is 11.1 Å². The van der Waals surface area contributed by atoms with E-state index in [1.165, 1.54) is 0 Å². The fourth-order valence-electron chi connectivity index (χ4n) is 2.15. The van der Waals surface area contributed by atoms with Crippen molar-refractivity contribution in [1.82, 2.24) is 9.88 Å². The van der Waals surface area contributed by atoms with Gasteiger partial charge in [-0.25, -0.2) is 5.84 Å². The topological polar surface area (TPSA) is 67.8 Å². The van der Waals surface area contributed by atoms with Gasteiger partial charge in [0, 0.05) is 19.6 Å². The number of nitrogens with zero attached hydrogens (tertiary/aromatic N) is 3. The summed E-state index contributed by atoms with van der Waals surface area (Å²) in [5.74, 6) is 6.00. The third-order valence-corrected chi connectivity index (χ3v) is 3.29. The highest BCUT2D eigenvalue weighted by Gasteiger charge is 2.14. The molecule has 6 heteroatoms. The Labute approximate surface area is 111 Å². The Bertz CT molecular complexity index is 503. The molecule has 0 unspecified atom stereocenters. The maximum atomic E-state index is 6.00. The Morgan fingerprint density at radius 2 is 2.05 bits per heavy atom. The number of para-hydroxylation sites is 2. The molecule has 0 saturated carbocycles. The number of rotatable bonds is 4. The molecule has 0 spiro atoms. The molecule has 1 aromatic heterocycles. The molecule has 1 aliphatic heterocycles. The number of morpholine rings is 1. The van der Waals surface area contributed by atoms with Crippen LogP contribution in [0.2, 0.25) is 0 Å². The van der Waals surface area contributed by atoms with E-state index in [4.69, 9.17) is 15.0 Å². The van der Waals surface area contributed by atoms with Gasteiger partial charge in [0.05, 0.1) is 19.8 Å². The molecule has 3 rings (SSSR count). The molecular formula is C13H18N4O2. The Hall–Kier alpha value is -1.63. The molecule has 1 saturated heterocycles. The number of aromatic nitrogens is 1. The third kappa shape index (κ3) is 2.86. The zero-order chi connectivity index (χ0) is 13.1. The predicted octanol–water partition coefficient (Wildman–Crippen LogP) is 0.840. The first-order valence-corrected chi connectivity index (χ1v) is 6.51. The molecule has 1 aliphatic rings. The number of anilines is 1. The first kappa shape index (κ1) is 12.4. The fourth-order valence-corrected chi connectivity index (χ4v) is 2.15. The van der Waals surface area contributed by atoms with Crippen molar-refractivity contribution in [3.8, 4) is 0 Å². The molecule has 19 heavy (non-hydrogen) atoms. The number of oxazole rings is 1. The Balaban J connectivity index is 1.61. The molecule has 0 atom stereocenters. The summed E-state index contributed by atoms with van der Waals surface area (Å²) in [6.07, 6.45) is 0. The standard InChI is InChI=1S/C13H18N4O2/c14-17(6-5-16-7-9-18-10-8-16)13-15-11-3-1-2-4-12(11)19-13/h1-4H,5-10,14H2. The van der Waals surface area contributed by atoms with Crippen molar-refractivity contribution in [1.29, 1.82) is 0 Å². The molecule has 0 aliphatic carbocycles.